The van der Waals surface area contributed by atoms with Crippen molar-refractivity contribution in [3.8, 4) is 5.75 Å². The van der Waals surface area contributed by atoms with Crippen molar-refractivity contribution < 1.29 is 9.53 Å². The van der Waals surface area contributed by atoms with Crippen molar-refractivity contribution in [3.05, 3.63) is 30.3 Å². The van der Waals surface area contributed by atoms with E-state index >= 15 is 0 Å². The molecule has 98 valence electrons. The van der Waals surface area contributed by atoms with Gasteiger partial charge in [-0.1, -0.05) is 18.2 Å². The minimum absolute atomic E-state index is 0.0810. The maximum Gasteiger partial charge on any atom is 0.260 e. The van der Waals surface area contributed by atoms with Crippen LogP contribution in [0.25, 0.3) is 0 Å². The monoisotopic (exact) mass is 248 g/mol. The van der Waals surface area contributed by atoms with E-state index in [1.165, 1.54) is 0 Å². The van der Waals surface area contributed by atoms with Gasteiger partial charge in [0.05, 0.1) is 0 Å². The summed E-state index contributed by atoms with van der Waals surface area (Å²) in [6.07, 6.45) is 1.08. The molecule has 1 atom stereocenters. The van der Waals surface area contributed by atoms with Crippen LogP contribution in [-0.2, 0) is 4.79 Å². The molecule has 1 saturated heterocycles. The summed E-state index contributed by atoms with van der Waals surface area (Å²) >= 11 is 0. The van der Waals surface area contributed by atoms with Crippen LogP contribution in [0.5, 0.6) is 5.75 Å². The van der Waals surface area contributed by atoms with E-state index in [4.69, 9.17) is 4.74 Å². The summed E-state index contributed by atoms with van der Waals surface area (Å²) in [4.78, 5) is 13.8. The van der Waals surface area contributed by atoms with E-state index < -0.39 is 0 Å². The van der Waals surface area contributed by atoms with E-state index in [1.54, 1.807) is 0 Å². The van der Waals surface area contributed by atoms with Gasteiger partial charge in [-0.25, -0.2) is 0 Å². The first-order valence-corrected chi connectivity index (χ1v) is 6.40. The number of amides is 1. The molecule has 4 heteroatoms. The Bertz CT molecular complexity index is 381. The molecule has 1 aromatic carbocycles. The van der Waals surface area contributed by atoms with Gasteiger partial charge in [0, 0.05) is 13.1 Å². The second-order valence-electron chi connectivity index (χ2n) is 4.65. The van der Waals surface area contributed by atoms with Gasteiger partial charge in [0.1, 0.15) is 5.75 Å². The van der Waals surface area contributed by atoms with Crippen molar-refractivity contribution in [2.45, 2.75) is 6.42 Å². The molecule has 0 spiro atoms. The van der Waals surface area contributed by atoms with Crippen molar-refractivity contribution in [2.24, 2.45) is 5.92 Å². The number of hydrogen-bond acceptors (Lipinski definition) is 3. The highest BCUT2D eigenvalue weighted by molar-refractivity contribution is 5.78. The van der Waals surface area contributed by atoms with Gasteiger partial charge in [-0.2, -0.15) is 0 Å². The average molecular weight is 248 g/mol. The van der Waals surface area contributed by atoms with E-state index in [-0.39, 0.29) is 12.5 Å². The van der Waals surface area contributed by atoms with Gasteiger partial charge < -0.3 is 15.0 Å². The highest BCUT2D eigenvalue weighted by Gasteiger charge is 2.25. The lowest BCUT2D eigenvalue weighted by Crippen LogP contribution is -2.34. The first-order chi connectivity index (χ1) is 8.79. The van der Waals surface area contributed by atoms with E-state index in [9.17, 15) is 4.79 Å². The van der Waals surface area contributed by atoms with Gasteiger partial charge in [-0.15, -0.1) is 0 Å². The minimum atomic E-state index is 0.0810. The number of carbonyl (C=O) groups excluding carboxylic acids is 1. The van der Waals surface area contributed by atoms with Gasteiger partial charge in [-0.05, 0) is 38.1 Å². The molecule has 1 fully saturated rings. The van der Waals surface area contributed by atoms with Crippen molar-refractivity contribution in [3.63, 3.8) is 0 Å². The number of likely N-dealkylation sites (tertiary alicyclic amines) is 1. The second kappa shape index (κ2) is 6.40. The molecule has 0 aliphatic carbocycles. The molecule has 1 aliphatic heterocycles. The Morgan fingerprint density at radius 3 is 2.94 bits per heavy atom. The van der Waals surface area contributed by atoms with Crippen LogP contribution < -0.4 is 10.1 Å². The SMILES string of the molecule is CNC[C@H]1CCN(C(=O)COc2ccccc2)C1. The molecule has 0 saturated carbocycles. The van der Waals surface area contributed by atoms with Crippen LogP contribution in [0.1, 0.15) is 6.42 Å². The number of para-hydroxylation sites is 1. The van der Waals surface area contributed by atoms with Crippen LogP contribution in [0.15, 0.2) is 30.3 Å². The quantitative estimate of drug-likeness (QED) is 0.849. The third-order valence-corrected chi connectivity index (χ3v) is 3.24. The fraction of sp³-hybridized carbons (Fsp3) is 0.500. The lowest BCUT2D eigenvalue weighted by Gasteiger charge is -2.16. The molecular formula is C14H20N2O2. The second-order valence-corrected chi connectivity index (χ2v) is 4.65. The van der Waals surface area contributed by atoms with E-state index in [2.05, 4.69) is 5.32 Å². The third kappa shape index (κ3) is 3.47. The van der Waals surface area contributed by atoms with Crippen LogP contribution in [0.4, 0.5) is 0 Å². The molecule has 1 amide bonds. The number of rotatable bonds is 5. The van der Waals surface area contributed by atoms with Crippen LogP contribution in [0, 0.1) is 5.92 Å². The van der Waals surface area contributed by atoms with E-state index in [0.717, 1.165) is 31.8 Å². The Morgan fingerprint density at radius 2 is 2.22 bits per heavy atom. The van der Waals surface area contributed by atoms with Gasteiger partial charge in [-0.3, -0.25) is 4.79 Å². The molecule has 0 unspecified atom stereocenters. The Hall–Kier alpha value is -1.55. The average Bonchev–Trinajstić information content (AvgIpc) is 2.86. The molecular weight excluding hydrogens is 228 g/mol. The maximum atomic E-state index is 11.9. The highest BCUT2D eigenvalue weighted by Crippen LogP contribution is 2.16. The van der Waals surface area contributed by atoms with Crippen LogP contribution >= 0.6 is 0 Å². The zero-order valence-corrected chi connectivity index (χ0v) is 10.8. The van der Waals surface area contributed by atoms with Crippen LogP contribution in [-0.4, -0.2) is 44.1 Å². The number of nitrogens with one attached hydrogen (secondary N) is 1. The minimum Gasteiger partial charge on any atom is -0.484 e. The van der Waals surface area contributed by atoms with Gasteiger partial charge in [0.15, 0.2) is 6.61 Å². The van der Waals surface area contributed by atoms with Crippen molar-refractivity contribution in [1.29, 1.82) is 0 Å². The summed E-state index contributed by atoms with van der Waals surface area (Å²) in [5.41, 5.74) is 0. The Morgan fingerprint density at radius 1 is 1.44 bits per heavy atom. The summed E-state index contributed by atoms with van der Waals surface area (Å²) in [6.45, 7) is 2.81. The fourth-order valence-corrected chi connectivity index (χ4v) is 2.27. The van der Waals surface area contributed by atoms with Gasteiger partial charge >= 0.3 is 0 Å². The number of hydrogen-bond donors (Lipinski definition) is 1. The summed E-state index contributed by atoms with van der Waals surface area (Å²) < 4.78 is 5.47. The van der Waals surface area contributed by atoms with E-state index in [0.29, 0.717) is 5.92 Å². The molecule has 2 rings (SSSR count). The molecule has 0 aromatic heterocycles. The Labute approximate surface area is 108 Å². The number of ether oxygens (including phenoxy) is 1. The zero-order chi connectivity index (χ0) is 12.8. The molecule has 4 nitrogen and oxygen atoms in total. The maximum absolute atomic E-state index is 11.9. The molecule has 1 heterocycles. The molecule has 1 aromatic rings. The largest absolute Gasteiger partial charge is 0.484 e. The molecule has 1 N–H and O–H groups in total. The normalized spacial score (nSPS) is 18.9. The first-order valence-electron chi connectivity index (χ1n) is 6.40. The van der Waals surface area contributed by atoms with Crippen molar-refractivity contribution in [2.75, 3.05) is 33.3 Å². The smallest absolute Gasteiger partial charge is 0.260 e. The number of carbonyl (C=O) groups is 1. The van der Waals surface area contributed by atoms with Gasteiger partial charge in [0.2, 0.25) is 0 Å². The van der Waals surface area contributed by atoms with Crippen molar-refractivity contribution in [1.82, 2.24) is 10.2 Å². The lowest BCUT2D eigenvalue weighted by molar-refractivity contribution is -0.132. The first kappa shape index (κ1) is 12.9. The Kier molecular flexibility index (Phi) is 4.59. The number of benzene rings is 1. The summed E-state index contributed by atoms with van der Waals surface area (Å²) in [5.74, 6) is 1.41. The topological polar surface area (TPSA) is 41.6 Å². The predicted octanol–water partition coefficient (Wildman–Crippen LogP) is 1.13. The lowest BCUT2D eigenvalue weighted by atomic mass is 10.1. The van der Waals surface area contributed by atoms with Crippen LogP contribution in [0.3, 0.4) is 0 Å². The molecule has 0 radical (unpaired) electrons. The fourth-order valence-electron chi connectivity index (χ4n) is 2.27. The van der Waals surface area contributed by atoms with E-state index in [1.807, 2.05) is 42.3 Å². The van der Waals surface area contributed by atoms with Gasteiger partial charge in [0.25, 0.3) is 5.91 Å². The molecule has 1 aliphatic rings. The predicted molar refractivity (Wildman–Crippen MR) is 70.6 cm³/mol. The number of nitrogens with zero attached hydrogens (tertiary/aromatic N) is 1. The summed E-state index contributed by atoms with van der Waals surface area (Å²) in [5, 5.41) is 3.16. The Balaban J connectivity index is 1.76. The molecule has 18 heavy (non-hydrogen) atoms. The summed E-state index contributed by atoms with van der Waals surface area (Å²) in [6, 6.07) is 9.46. The standard InChI is InChI=1S/C14H20N2O2/c1-15-9-12-7-8-16(10-12)14(17)11-18-13-5-3-2-4-6-13/h2-6,12,15H,7-11H2,1H3/t12-/m1/s1. The molecule has 0 bridgehead atoms. The zero-order valence-electron chi connectivity index (χ0n) is 10.8. The highest BCUT2D eigenvalue weighted by atomic mass is 16.5. The van der Waals surface area contributed by atoms with Crippen LogP contribution in [0.2, 0.25) is 0 Å². The summed E-state index contributed by atoms with van der Waals surface area (Å²) in [7, 11) is 1.95. The third-order valence-electron chi connectivity index (χ3n) is 3.24. The van der Waals surface area contributed by atoms with Crippen molar-refractivity contribution >= 4 is 5.91 Å².